The van der Waals surface area contributed by atoms with E-state index in [4.69, 9.17) is 9.05 Å². The summed E-state index contributed by atoms with van der Waals surface area (Å²) < 4.78 is 28.9. The Hall–Kier alpha value is -3.79. The van der Waals surface area contributed by atoms with Crippen molar-refractivity contribution in [1.29, 1.82) is 0 Å². The molecule has 0 unspecified atom stereocenters. The highest BCUT2D eigenvalue weighted by Gasteiger charge is 2.35. The van der Waals surface area contributed by atoms with Gasteiger partial charge in [-0.05, 0) is 74.1 Å². The highest BCUT2D eigenvalue weighted by atomic mass is 32.1. The number of fused-ring (bicyclic) bond motifs is 4. The van der Waals surface area contributed by atoms with Gasteiger partial charge in [0, 0.05) is 16.0 Å². The maximum Gasteiger partial charge on any atom is 0.362 e. The maximum absolute atomic E-state index is 15.7. The first kappa shape index (κ1) is 37.5. The number of thiophene rings is 1. The molecular weight excluding hydrogens is 688 g/mol. The quantitative estimate of drug-likeness (QED) is 0.0470. The molecule has 0 bridgehead atoms. The molecule has 7 aromatic rings. The topological polar surface area (TPSA) is 35.5 Å². The molecule has 7 rings (SSSR count). The average molecular weight is 741 g/mol. The van der Waals surface area contributed by atoms with Gasteiger partial charge in [-0.2, -0.15) is 0 Å². The number of rotatable bonds is 19. The van der Waals surface area contributed by atoms with Crippen LogP contribution in [0, 0.1) is 0 Å². The fourth-order valence-electron chi connectivity index (χ4n) is 7.74. The lowest BCUT2D eigenvalue weighted by Gasteiger charge is -2.20. The molecule has 1 heterocycles. The molecule has 0 aliphatic heterocycles. The molecule has 0 saturated carbocycles. The van der Waals surface area contributed by atoms with Gasteiger partial charge >= 0.3 is 7.60 Å². The standard InChI is InChI=1S/C48H53O3PS/c1-3-5-7-9-11-21-31-50-52(49,51-32-22-12-10-8-6-4-2)44-35-45(46-40-27-17-13-23-36(40)33-37-24-14-18-28-41(37)46)53-48(44)47-42-29-19-15-25-38(42)34-39-26-16-20-30-43(39)47/h13-20,23-30,33-35H,3-12,21-22,31-32H2,1-2H3. The lowest BCUT2D eigenvalue weighted by atomic mass is 9.95. The van der Waals surface area contributed by atoms with Crippen LogP contribution in [-0.2, 0) is 13.6 Å². The Morgan fingerprint density at radius 1 is 0.472 bits per heavy atom. The van der Waals surface area contributed by atoms with E-state index in [0.29, 0.717) is 18.5 Å². The van der Waals surface area contributed by atoms with Gasteiger partial charge in [0.25, 0.3) is 0 Å². The summed E-state index contributed by atoms with van der Waals surface area (Å²) in [6, 6.07) is 41.1. The first-order valence-electron chi connectivity index (χ1n) is 20.0. The summed E-state index contributed by atoms with van der Waals surface area (Å²) in [6.07, 6.45) is 13.6. The Bertz CT molecular complexity index is 2210. The molecule has 0 fully saturated rings. The first-order chi connectivity index (χ1) is 26.1. The van der Waals surface area contributed by atoms with E-state index in [1.165, 1.54) is 78.5 Å². The fourth-order valence-corrected chi connectivity index (χ4v) is 11.2. The molecule has 0 amide bonds. The molecule has 3 nitrogen and oxygen atoms in total. The van der Waals surface area contributed by atoms with Gasteiger partial charge in [0.1, 0.15) is 0 Å². The van der Waals surface area contributed by atoms with Gasteiger partial charge in [-0.15, -0.1) is 11.3 Å². The third kappa shape index (κ3) is 8.48. The smallest absolute Gasteiger partial charge is 0.305 e. The van der Waals surface area contributed by atoms with Crippen molar-refractivity contribution in [2.24, 2.45) is 0 Å². The Kier molecular flexibility index (Phi) is 12.8. The van der Waals surface area contributed by atoms with Crippen LogP contribution in [0.5, 0.6) is 0 Å². The summed E-state index contributed by atoms with van der Waals surface area (Å²) >= 11 is 1.73. The molecule has 5 heteroatoms. The van der Waals surface area contributed by atoms with E-state index in [0.717, 1.165) is 62.5 Å². The van der Waals surface area contributed by atoms with Crippen LogP contribution in [0.3, 0.4) is 0 Å². The zero-order chi connectivity index (χ0) is 36.5. The second-order valence-corrected chi connectivity index (χ2v) is 17.5. The van der Waals surface area contributed by atoms with Crippen molar-refractivity contribution in [3.05, 3.63) is 115 Å². The summed E-state index contributed by atoms with van der Waals surface area (Å²) in [5.41, 5.74) is 2.26. The molecule has 0 atom stereocenters. The number of unbranched alkanes of at least 4 members (excludes halogenated alkanes) is 10. The lowest BCUT2D eigenvalue weighted by Crippen LogP contribution is -2.13. The van der Waals surface area contributed by atoms with Gasteiger partial charge in [-0.25, -0.2) is 0 Å². The van der Waals surface area contributed by atoms with E-state index >= 15 is 4.57 Å². The van der Waals surface area contributed by atoms with E-state index in [9.17, 15) is 0 Å². The van der Waals surface area contributed by atoms with E-state index < -0.39 is 7.60 Å². The van der Waals surface area contributed by atoms with Crippen molar-refractivity contribution in [2.45, 2.75) is 90.9 Å². The minimum Gasteiger partial charge on any atom is -0.305 e. The first-order valence-corrected chi connectivity index (χ1v) is 22.3. The molecule has 53 heavy (non-hydrogen) atoms. The van der Waals surface area contributed by atoms with Gasteiger partial charge in [0.15, 0.2) is 0 Å². The molecule has 6 aromatic carbocycles. The predicted molar refractivity (Wildman–Crippen MR) is 231 cm³/mol. The zero-order valence-corrected chi connectivity index (χ0v) is 33.2. The normalized spacial score (nSPS) is 12.1. The fraction of sp³-hybridized carbons (Fsp3) is 0.333. The summed E-state index contributed by atoms with van der Waals surface area (Å²) in [4.78, 5) is 2.05. The lowest BCUT2D eigenvalue weighted by molar-refractivity contribution is 0.206. The Morgan fingerprint density at radius 3 is 1.28 bits per heavy atom. The molecule has 1 aromatic heterocycles. The van der Waals surface area contributed by atoms with Gasteiger partial charge < -0.3 is 9.05 Å². The van der Waals surface area contributed by atoms with Gasteiger partial charge in [-0.3, -0.25) is 4.57 Å². The van der Waals surface area contributed by atoms with Crippen LogP contribution in [0.25, 0.3) is 64.0 Å². The van der Waals surface area contributed by atoms with E-state index in [1.54, 1.807) is 11.3 Å². The van der Waals surface area contributed by atoms with E-state index in [1.807, 2.05) is 0 Å². The summed E-state index contributed by atoms with van der Waals surface area (Å²) in [6.45, 7) is 5.32. The largest absolute Gasteiger partial charge is 0.362 e. The molecular formula is C48H53O3PS. The number of hydrogen-bond acceptors (Lipinski definition) is 4. The summed E-state index contributed by atoms with van der Waals surface area (Å²) in [5, 5.41) is 10.0. The van der Waals surface area contributed by atoms with Gasteiger partial charge in [0.2, 0.25) is 0 Å². The molecule has 0 saturated heterocycles. The predicted octanol–water partition coefficient (Wildman–Crippen LogP) is 15.3. The van der Waals surface area contributed by atoms with Crippen molar-refractivity contribution in [2.75, 3.05) is 13.2 Å². The van der Waals surface area contributed by atoms with Gasteiger partial charge in [0.05, 0.1) is 23.4 Å². The van der Waals surface area contributed by atoms with E-state index in [-0.39, 0.29) is 0 Å². The van der Waals surface area contributed by atoms with Crippen molar-refractivity contribution in [3.8, 4) is 20.9 Å². The number of hydrogen-bond donors (Lipinski definition) is 0. The van der Waals surface area contributed by atoms with Crippen molar-refractivity contribution in [3.63, 3.8) is 0 Å². The summed E-state index contributed by atoms with van der Waals surface area (Å²) in [5.74, 6) is 0. The van der Waals surface area contributed by atoms with Crippen LogP contribution in [-0.4, -0.2) is 13.2 Å². The molecule has 0 aliphatic carbocycles. The SMILES string of the molecule is CCCCCCCCOP(=O)(OCCCCCCCC)c1cc(-c2c3ccccc3cc3ccccc23)sc1-c1c2ccccc2cc2ccccc12. The maximum atomic E-state index is 15.7. The highest BCUT2D eigenvalue weighted by molar-refractivity contribution is 7.63. The van der Waals surface area contributed by atoms with Crippen LogP contribution in [0.4, 0.5) is 0 Å². The highest BCUT2D eigenvalue weighted by Crippen LogP contribution is 2.55. The second-order valence-electron chi connectivity index (χ2n) is 14.4. The van der Waals surface area contributed by atoms with Crippen LogP contribution in [0.1, 0.15) is 90.9 Å². The third-order valence-electron chi connectivity index (χ3n) is 10.5. The van der Waals surface area contributed by atoms with Crippen LogP contribution in [0.15, 0.2) is 115 Å². The van der Waals surface area contributed by atoms with Crippen LogP contribution < -0.4 is 5.30 Å². The molecule has 274 valence electrons. The van der Waals surface area contributed by atoms with Crippen LogP contribution in [0.2, 0.25) is 0 Å². The molecule has 0 N–H and O–H groups in total. The van der Waals surface area contributed by atoms with Crippen molar-refractivity contribution in [1.82, 2.24) is 0 Å². The Morgan fingerprint density at radius 2 is 0.849 bits per heavy atom. The van der Waals surface area contributed by atoms with E-state index in [2.05, 4.69) is 129 Å². The Labute approximate surface area is 319 Å². The number of benzene rings is 6. The second kappa shape index (κ2) is 18.0. The third-order valence-corrected chi connectivity index (χ3v) is 13.9. The monoisotopic (exact) mass is 740 g/mol. The zero-order valence-electron chi connectivity index (χ0n) is 31.4. The minimum atomic E-state index is -3.76. The molecule has 0 spiro atoms. The molecule has 0 radical (unpaired) electrons. The van der Waals surface area contributed by atoms with Crippen LogP contribution >= 0.6 is 18.9 Å². The van der Waals surface area contributed by atoms with Gasteiger partial charge in [-0.1, -0.05) is 175 Å². The van der Waals surface area contributed by atoms with Crippen molar-refractivity contribution >= 4 is 67.3 Å². The van der Waals surface area contributed by atoms with Crippen molar-refractivity contribution < 1.29 is 13.6 Å². The molecule has 0 aliphatic rings. The average Bonchev–Trinajstić information content (AvgIpc) is 3.63. The Balaban J connectivity index is 1.41. The minimum absolute atomic E-state index is 0.415. The summed E-state index contributed by atoms with van der Waals surface area (Å²) in [7, 11) is -3.76.